The van der Waals surface area contributed by atoms with Gasteiger partial charge in [-0.05, 0) is 24.1 Å². The quantitative estimate of drug-likeness (QED) is 0.533. The Balaban J connectivity index is 1.29. The first-order chi connectivity index (χ1) is 14.1. The Bertz CT molecular complexity index is 1010. The molecule has 4 rings (SSSR count). The lowest BCUT2D eigenvalue weighted by molar-refractivity contribution is -0.130. The first kappa shape index (κ1) is 18.7. The van der Waals surface area contributed by atoms with Crippen molar-refractivity contribution in [1.82, 2.24) is 25.5 Å². The molecular formula is C21H21N5O3. The maximum atomic E-state index is 12.5. The SMILES string of the molecule is O=C(C[C@@H]1NC(=O)N(CCc2ccccc2)C1=O)NCc1nc2ccccc2[nH]1. The van der Waals surface area contributed by atoms with Crippen molar-refractivity contribution < 1.29 is 14.4 Å². The Morgan fingerprint density at radius 1 is 1.07 bits per heavy atom. The van der Waals surface area contributed by atoms with Crippen molar-refractivity contribution in [3.8, 4) is 0 Å². The lowest BCUT2D eigenvalue weighted by Crippen LogP contribution is -2.36. The highest BCUT2D eigenvalue weighted by atomic mass is 16.2. The predicted octanol–water partition coefficient (Wildman–Crippen LogP) is 1.73. The largest absolute Gasteiger partial charge is 0.349 e. The lowest BCUT2D eigenvalue weighted by atomic mass is 10.1. The van der Waals surface area contributed by atoms with Gasteiger partial charge >= 0.3 is 6.03 Å². The van der Waals surface area contributed by atoms with E-state index in [1.54, 1.807) is 0 Å². The smallest absolute Gasteiger partial charge is 0.324 e. The number of fused-ring (bicyclic) bond motifs is 1. The summed E-state index contributed by atoms with van der Waals surface area (Å²) in [6.07, 6.45) is 0.470. The van der Waals surface area contributed by atoms with E-state index in [0.29, 0.717) is 12.2 Å². The molecule has 1 atom stereocenters. The Morgan fingerprint density at radius 3 is 2.62 bits per heavy atom. The maximum Gasteiger partial charge on any atom is 0.324 e. The number of H-pyrrole nitrogens is 1. The zero-order chi connectivity index (χ0) is 20.2. The van der Waals surface area contributed by atoms with Crippen molar-refractivity contribution in [3.05, 3.63) is 66.0 Å². The number of hydrogen-bond acceptors (Lipinski definition) is 4. The molecule has 8 heteroatoms. The molecule has 0 bridgehead atoms. The third kappa shape index (κ3) is 4.26. The van der Waals surface area contributed by atoms with Crippen molar-refractivity contribution >= 4 is 28.9 Å². The van der Waals surface area contributed by atoms with E-state index >= 15 is 0 Å². The number of carbonyl (C=O) groups is 3. The molecular weight excluding hydrogens is 370 g/mol. The first-order valence-corrected chi connectivity index (χ1v) is 9.46. The number of nitrogens with zero attached hydrogens (tertiary/aromatic N) is 2. The summed E-state index contributed by atoms with van der Waals surface area (Å²) >= 11 is 0. The van der Waals surface area contributed by atoms with Gasteiger partial charge in [-0.15, -0.1) is 0 Å². The molecule has 1 saturated heterocycles. The molecule has 1 aliphatic rings. The number of urea groups is 1. The van der Waals surface area contributed by atoms with Gasteiger partial charge in [-0.25, -0.2) is 9.78 Å². The summed E-state index contributed by atoms with van der Waals surface area (Å²) in [4.78, 5) is 45.6. The van der Waals surface area contributed by atoms with Crippen LogP contribution in [-0.2, 0) is 22.6 Å². The third-order valence-corrected chi connectivity index (χ3v) is 4.85. The summed E-state index contributed by atoms with van der Waals surface area (Å²) in [5, 5.41) is 5.33. The van der Waals surface area contributed by atoms with Gasteiger partial charge in [-0.1, -0.05) is 42.5 Å². The molecule has 3 N–H and O–H groups in total. The number of imide groups is 1. The van der Waals surface area contributed by atoms with E-state index in [1.807, 2.05) is 54.6 Å². The predicted molar refractivity (Wildman–Crippen MR) is 107 cm³/mol. The number of rotatable bonds is 7. The highest BCUT2D eigenvalue weighted by molar-refractivity contribution is 6.05. The second-order valence-corrected chi connectivity index (χ2v) is 6.91. The fourth-order valence-corrected chi connectivity index (χ4v) is 3.34. The third-order valence-electron chi connectivity index (χ3n) is 4.85. The molecule has 4 amide bonds. The molecule has 29 heavy (non-hydrogen) atoms. The van der Waals surface area contributed by atoms with E-state index in [1.165, 1.54) is 4.90 Å². The van der Waals surface area contributed by atoms with Crippen LogP contribution >= 0.6 is 0 Å². The van der Waals surface area contributed by atoms with Gasteiger partial charge in [-0.2, -0.15) is 0 Å². The molecule has 2 heterocycles. The number of para-hydroxylation sites is 2. The molecule has 148 valence electrons. The van der Waals surface area contributed by atoms with Crippen LogP contribution in [0.3, 0.4) is 0 Å². The summed E-state index contributed by atoms with van der Waals surface area (Å²) in [6, 6.07) is 15.9. The van der Waals surface area contributed by atoms with E-state index in [0.717, 1.165) is 16.6 Å². The lowest BCUT2D eigenvalue weighted by Gasteiger charge is -2.13. The second kappa shape index (κ2) is 8.14. The molecule has 2 aromatic carbocycles. The summed E-state index contributed by atoms with van der Waals surface area (Å²) in [6.45, 7) is 0.506. The molecule has 1 fully saturated rings. The zero-order valence-corrected chi connectivity index (χ0v) is 15.7. The van der Waals surface area contributed by atoms with Crippen molar-refractivity contribution in [1.29, 1.82) is 0 Å². The normalized spacial score (nSPS) is 16.3. The van der Waals surface area contributed by atoms with E-state index in [-0.39, 0.29) is 31.3 Å². The molecule has 8 nitrogen and oxygen atoms in total. The van der Waals surface area contributed by atoms with Gasteiger partial charge < -0.3 is 15.6 Å². The summed E-state index contributed by atoms with van der Waals surface area (Å²) < 4.78 is 0. The number of aromatic amines is 1. The molecule has 0 unspecified atom stereocenters. The van der Waals surface area contributed by atoms with Gasteiger partial charge in [0.05, 0.1) is 24.0 Å². The van der Waals surface area contributed by atoms with E-state index in [9.17, 15) is 14.4 Å². The molecule has 0 spiro atoms. The molecule has 0 radical (unpaired) electrons. The van der Waals surface area contributed by atoms with Crippen molar-refractivity contribution in [2.24, 2.45) is 0 Å². The van der Waals surface area contributed by atoms with Crippen LogP contribution in [-0.4, -0.2) is 45.3 Å². The van der Waals surface area contributed by atoms with Crippen molar-refractivity contribution in [2.75, 3.05) is 6.54 Å². The average molecular weight is 391 g/mol. The first-order valence-electron chi connectivity index (χ1n) is 9.46. The highest BCUT2D eigenvalue weighted by Crippen LogP contribution is 2.12. The number of carbonyl (C=O) groups excluding carboxylic acids is 3. The van der Waals surface area contributed by atoms with E-state index < -0.39 is 12.1 Å². The number of benzene rings is 2. The monoisotopic (exact) mass is 391 g/mol. The van der Waals surface area contributed by atoms with Gasteiger partial charge in [-0.3, -0.25) is 14.5 Å². The molecule has 1 aromatic heterocycles. The molecule has 3 aromatic rings. The minimum absolute atomic E-state index is 0.105. The number of nitrogens with one attached hydrogen (secondary N) is 3. The van der Waals surface area contributed by atoms with Crippen LogP contribution in [0.15, 0.2) is 54.6 Å². The fourth-order valence-electron chi connectivity index (χ4n) is 3.34. The van der Waals surface area contributed by atoms with Gasteiger partial charge in [0, 0.05) is 6.54 Å². The number of aromatic nitrogens is 2. The Kier molecular flexibility index (Phi) is 5.24. The molecule has 0 saturated carbocycles. The van der Waals surface area contributed by atoms with Crippen molar-refractivity contribution in [2.45, 2.75) is 25.4 Å². The summed E-state index contributed by atoms with van der Waals surface area (Å²) in [7, 11) is 0. The number of hydrogen-bond donors (Lipinski definition) is 3. The average Bonchev–Trinajstić information content (AvgIpc) is 3.26. The van der Waals surface area contributed by atoms with Crippen LogP contribution in [0, 0.1) is 0 Å². The number of imidazole rings is 1. The fraction of sp³-hybridized carbons (Fsp3) is 0.238. The Morgan fingerprint density at radius 2 is 1.83 bits per heavy atom. The van der Waals surface area contributed by atoms with Crippen LogP contribution in [0.25, 0.3) is 11.0 Å². The molecule has 1 aliphatic heterocycles. The standard InChI is InChI=1S/C21H21N5O3/c27-19(22-13-18-23-15-8-4-5-9-16(15)24-18)12-17-20(28)26(21(29)25-17)11-10-14-6-2-1-3-7-14/h1-9,17H,10-13H2,(H,22,27)(H,23,24)(H,25,29)/t17-/m0/s1. The number of amides is 4. The summed E-state index contributed by atoms with van der Waals surface area (Å²) in [5.74, 6) is -0.0651. The highest BCUT2D eigenvalue weighted by Gasteiger charge is 2.38. The zero-order valence-electron chi connectivity index (χ0n) is 15.7. The molecule has 0 aliphatic carbocycles. The second-order valence-electron chi connectivity index (χ2n) is 6.91. The van der Waals surface area contributed by atoms with Crippen LogP contribution < -0.4 is 10.6 Å². The topological polar surface area (TPSA) is 107 Å². The summed E-state index contributed by atoms with van der Waals surface area (Å²) in [5.41, 5.74) is 2.76. The minimum atomic E-state index is -0.839. The van der Waals surface area contributed by atoms with Gasteiger partial charge in [0.15, 0.2) is 0 Å². The van der Waals surface area contributed by atoms with Crippen LogP contribution in [0.4, 0.5) is 4.79 Å². The minimum Gasteiger partial charge on any atom is -0.349 e. The van der Waals surface area contributed by atoms with Crippen LogP contribution in [0.1, 0.15) is 17.8 Å². The maximum absolute atomic E-state index is 12.5. The van der Waals surface area contributed by atoms with Crippen LogP contribution in [0.5, 0.6) is 0 Å². The Hall–Kier alpha value is -3.68. The van der Waals surface area contributed by atoms with Gasteiger partial charge in [0.2, 0.25) is 5.91 Å². The van der Waals surface area contributed by atoms with E-state index in [4.69, 9.17) is 0 Å². The van der Waals surface area contributed by atoms with E-state index in [2.05, 4.69) is 20.6 Å². The van der Waals surface area contributed by atoms with Crippen LogP contribution in [0.2, 0.25) is 0 Å². The Labute approximate surface area is 167 Å². The van der Waals surface area contributed by atoms with Crippen molar-refractivity contribution in [3.63, 3.8) is 0 Å². The van der Waals surface area contributed by atoms with Gasteiger partial charge in [0.1, 0.15) is 11.9 Å². The van der Waals surface area contributed by atoms with Gasteiger partial charge in [0.25, 0.3) is 5.91 Å².